The van der Waals surface area contributed by atoms with Gasteiger partial charge >= 0.3 is 0 Å². The fourth-order valence-electron chi connectivity index (χ4n) is 3.45. The summed E-state index contributed by atoms with van der Waals surface area (Å²) in [7, 11) is -0.163. The minimum Gasteiger partial charge on any atom is -0.378 e. The summed E-state index contributed by atoms with van der Waals surface area (Å²) in [6.45, 7) is 1.77. The van der Waals surface area contributed by atoms with Crippen LogP contribution in [0.15, 0.2) is 87.5 Å². The van der Waals surface area contributed by atoms with Gasteiger partial charge in [-0.25, -0.2) is 13.4 Å². The van der Waals surface area contributed by atoms with E-state index in [9.17, 15) is 13.2 Å². The third-order valence-electron chi connectivity index (χ3n) is 5.27. The number of rotatable bonds is 6. The van der Waals surface area contributed by atoms with E-state index in [0.29, 0.717) is 17.6 Å². The Bertz CT molecular complexity index is 1490. The highest BCUT2D eigenvalue weighted by Gasteiger charge is 2.23. The van der Waals surface area contributed by atoms with E-state index in [1.807, 2.05) is 43.3 Å². The van der Waals surface area contributed by atoms with Crippen LogP contribution in [0.4, 0.5) is 11.4 Å². The summed E-state index contributed by atoms with van der Waals surface area (Å²) in [6.07, 6.45) is 2.02. The Labute approximate surface area is 192 Å². The zero-order chi connectivity index (χ0) is 23.6. The number of aryl methyl sites for hydroxylation is 1. The van der Waals surface area contributed by atoms with E-state index in [-0.39, 0.29) is 16.1 Å². The van der Waals surface area contributed by atoms with Crippen molar-refractivity contribution in [2.24, 2.45) is 4.99 Å². The highest BCUT2D eigenvalue weighted by molar-refractivity contribution is 7.90. The molecule has 0 bridgehead atoms. The van der Waals surface area contributed by atoms with Crippen molar-refractivity contribution in [1.82, 2.24) is 8.96 Å². The molecule has 0 spiro atoms. The number of nitrogens with zero attached hydrogens (tertiary/aromatic N) is 4. The van der Waals surface area contributed by atoms with Gasteiger partial charge in [0.15, 0.2) is 0 Å². The van der Waals surface area contributed by atoms with Crippen LogP contribution in [0, 0.1) is 0 Å². The molecule has 0 amide bonds. The predicted octanol–water partition coefficient (Wildman–Crippen LogP) is 4.01. The van der Waals surface area contributed by atoms with Gasteiger partial charge in [-0.05, 0) is 54.1 Å². The maximum atomic E-state index is 13.3. The zero-order valence-corrected chi connectivity index (χ0v) is 19.5. The molecule has 1 heterocycles. The van der Waals surface area contributed by atoms with Crippen LogP contribution >= 0.6 is 0 Å². The van der Waals surface area contributed by atoms with Crippen LogP contribution < -0.4 is 10.5 Å². The van der Waals surface area contributed by atoms with Gasteiger partial charge in [-0.1, -0.05) is 31.2 Å². The average Bonchev–Trinajstić information content (AvgIpc) is 2.83. The standard InChI is InChI=1S/C25H24N4O3S/c1-4-24-27-23-8-6-5-7-22(23)25(30)29(24)33(31,32)21-15-11-19(12-16-21)26-17-18-9-13-20(14-10-18)28(2)3/h5-17H,4H2,1-3H3. The number of hydrogen-bond donors (Lipinski definition) is 0. The van der Waals surface area contributed by atoms with Crippen LogP contribution in [0.3, 0.4) is 0 Å². The molecule has 0 aliphatic heterocycles. The van der Waals surface area contributed by atoms with Crippen LogP contribution in [0.1, 0.15) is 18.3 Å². The smallest absolute Gasteiger partial charge is 0.275 e. The number of aliphatic imine (C=N–C) groups is 1. The number of fused-ring (bicyclic) bond motifs is 1. The molecular formula is C25H24N4O3S. The van der Waals surface area contributed by atoms with Crippen molar-refractivity contribution in [3.05, 3.63) is 94.5 Å². The van der Waals surface area contributed by atoms with Crippen molar-refractivity contribution in [2.45, 2.75) is 18.2 Å². The second-order valence-electron chi connectivity index (χ2n) is 7.71. The lowest BCUT2D eigenvalue weighted by Gasteiger charge is -2.13. The molecule has 3 aromatic carbocycles. The van der Waals surface area contributed by atoms with Gasteiger partial charge < -0.3 is 4.90 Å². The first-order chi connectivity index (χ1) is 15.8. The van der Waals surface area contributed by atoms with E-state index in [1.54, 1.807) is 49.5 Å². The molecule has 0 unspecified atom stereocenters. The van der Waals surface area contributed by atoms with E-state index < -0.39 is 15.6 Å². The second-order valence-corrected chi connectivity index (χ2v) is 9.50. The van der Waals surface area contributed by atoms with Gasteiger partial charge in [0.1, 0.15) is 5.82 Å². The highest BCUT2D eigenvalue weighted by atomic mass is 32.2. The van der Waals surface area contributed by atoms with Crippen molar-refractivity contribution in [1.29, 1.82) is 0 Å². The number of benzene rings is 3. The van der Waals surface area contributed by atoms with Gasteiger partial charge in [-0.3, -0.25) is 9.79 Å². The van der Waals surface area contributed by atoms with Gasteiger partial charge in [0.2, 0.25) is 0 Å². The highest BCUT2D eigenvalue weighted by Crippen LogP contribution is 2.20. The van der Waals surface area contributed by atoms with Crippen molar-refractivity contribution >= 4 is 38.5 Å². The van der Waals surface area contributed by atoms with Crippen LogP contribution in [-0.4, -0.2) is 37.7 Å². The zero-order valence-electron chi connectivity index (χ0n) is 18.6. The molecule has 0 saturated heterocycles. The van der Waals surface area contributed by atoms with Gasteiger partial charge in [0.05, 0.1) is 21.5 Å². The molecule has 0 aliphatic rings. The molecule has 33 heavy (non-hydrogen) atoms. The average molecular weight is 461 g/mol. The Hall–Kier alpha value is -3.78. The minimum atomic E-state index is -4.12. The molecule has 0 saturated carbocycles. The van der Waals surface area contributed by atoms with Gasteiger partial charge in [-0.15, -0.1) is 0 Å². The summed E-state index contributed by atoms with van der Waals surface area (Å²) in [4.78, 5) is 23.9. The summed E-state index contributed by atoms with van der Waals surface area (Å²) in [6, 6.07) is 20.8. The fraction of sp³-hybridized carbons (Fsp3) is 0.160. The Balaban J connectivity index is 1.66. The summed E-state index contributed by atoms with van der Waals surface area (Å²) < 4.78 is 27.5. The molecule has 168 valence electrons. The molecule has 4 aromatic rings. The molecule has 0 aliphatic carbocycles. The first-order valence-corrected chi connectivity index (χ1v) is 11.9. The quantitative estimate of drug-likeness (QED) is 0.406. The maximum absolute atomic E-state index is 13.3. The van der Waals surface area contributed by atoms with Crippen molar-refractivity contribution < 1.29 is 8.42 Å². The van der Waals surface area contributed by atoms with Crippen LogP contribution in [0.2, 0.25) is 0 Å². The number of para-hydroxylation sites is 1. The lowest BCUT2D eigenvalue weighted by molar-refractivity contribution is 0.581. The van der Waals surface area contributed by atoms with E-state index in [4.69, 9.17) is 0 Å². The molecule has 7 nitrogen and oxygen atoms in total. The van der Waals surface area contributed by atoms with Crippen LogP contribution in [-0.2, 0) is 16.4 Å². The Morgan fingerprint density at radius 1 is 0.970 bits per heavy atom. The van der Waals surface area contributed by atoms with Crippen molar-refractivity contribution in [3.8, 4) is 0 Å². The largest absolute Gasteiger partial charge is 0.378 e. The number of anilines is 1. The predicted molar refractivity (Wildman–Crippen MR) is 132 cm³/mol. The third-order valence-corrected chi connectivity index (χ3v) is 6.99. The number of aromatic nitrogens is 2. The Kier molecular flexibility index (Phi) is 6.11. The summed E-state index contributed by atoms with van der Waals surface area (Å²) in [5.41, 5.74) is 2.51. The van der Waals surface area contributed by atoms with E-state index in [1.165, 1.54) is 12.1 Å². The third kappa shape index (κ3) is 4.42. The molecule has 0 fully saturated rings. The minimum absolute atomic E-state index is 0.00525. The lowest BCUT2D eigenvalue weighted by Crippen LogP contribution is -2.31. The van der Waals surface area contributed by atoms with Gasteiger partial charge in [0, 0.05) is 32.4 Å². The Morgan fingerprint density at radius 3 is 2.27 bits per heavy atom. The lowest BCUT2D eigenvalue weighted by atomic mass is 10.2. The SMILES string of the molecule is CCc1nc2ccccc2c(=O)n1S(=O)(=O)c1ccc(N=Cc2ccc(N(C)C)cc2)cc1. The fourth-order valence-corrected chi connectivity index (χ4v) is 4.91. The summed E-state index contributed by atoms with van der Waals surface area (Å²) in [5, 5.41) is 0.264. The van der Waals surface area contributed by atoms with Crippen molar-refractivity contribution in [3.63, 3.8) is 0 Å². The molecular weight excluding hydrogens is 436 g/mol. The van der Waals surface area contributed by atoms with Gasteiger partial charge in [0.25, 0.3) is 15.6 Å². The molecule has 1 aromatic heterocycles. The molecule has 0 atom stereocenters. The van der Waals surface area contributed by atoms with Crippen LogP contribution in [0.25, 0.3) is 10.9 Å². The van der Waals surface area contributed by atoms with Crippen molar-refractivity contribution in [2.75, 3.05) is 19.0 Å². The monoisotopic (exact) mass is 460 g/mol. The second kappa shape index (κ2) is 8.99. The van der Waals surface area contributed by atoms with Crippen LogP contribution in [0.5, 0.6) is 0 Å². The normalized spacial score (nSPS) is 11.8. The first-order valence-electron chi connectivity index (χ1n) is 10.5. The summed E-state index contributed by atoms with van der Waals surface area (Å²) in [5.74, 6) is 0.196. The molecule has 8 heteroatoms. The Morgan fingerprint density at radius 2 is 1.64 bits per heavy atom. The van der Waals surface area contributed by atoms with E-state index >= 15 is 0 Å². The topological polar surface area (TPSA) is 84.6 Å². The van der Waals surface area contributed by atoms with E-state index in [0.717, 1.165) is 15.2 Å². The summed E-state index contributed by atoms with van der Waals surface area (Å²) >= 11 is 0. The van der Waals surface area contributed by atoms with Gasteiger partial charge in [-0.2, -0.15) is 3.97 Å². The number of hydrogen-bond acceptors (Lipinski definition) is 6. The van der Waals surface area contributed by atoms with E-state index in [2.05, 4.69) is 9.98 Å². The molecule has 0 N–H and O–H groups in total. The molecule has 4 rings (SSSR count). The maximum Gasteiger partial charge on any atom is 0.275 e. The first kappa shape index (κ1) is 22.4. The molecule has 0 radical (unpaired) electrons.